The number of carbonyl (C=O) groups is 1. The van der Waals surface area contributed by atoms with Crippen LogP contribution in [-0.2, 0) is 4.79 Å². The molecule has 0 bridgehead atoms. The van der Waals surface area contributed by atoms with Gasteiger partial charge >= 0.3 is 0 Å². The molecule has 0 aliphatic carbocycles. The monoisotopic (exact) mass is 274 g/mol. The number of aryl methyl sites for hydroxylation is 2. The Kier molecular flexibility index (Phi) is 4.37. The zero-order valence-corrected chi connectivity index (χ0v) is 12.4. The summed E-state index contributed by atoms with van der Waals surface area (Å²) in [6.07, 6.45) is 0.581. The Balaban J connectivity index is 2.13. The van der Waals surface area contributed by atoms with Crippen molar-refractivity contribution in [3.63, 3.8) is 0 Å². The smallest absolute Gasteiger partial charge is 0.222 e. The van der Waals surface area contributed by atoms with E-state index in [1.54, 1.807) is 0 Å². The summed E-state index contributed by atoms with van der Waals surface area (Å²) in [7, 11) is 0. The van der Waals surface area contributed by atoms with E-state index < -0.39 is 0 Å². The summed E-state index contributed by atoms with van der Waals surface area (Å²) in [5.74, 6) is 0.237. The maximum absolute atomic E-state index is 11.7. The molecule has 1 heterocycles. The second-order valence-corrected chi connectivity index (χ2v) is 5.26. The SMILES string of the molecule is CCC(=O)N1CCN(c2cc(C)c(N=N)cc2C)CC1. The van der Waals surface area contributed by atoms with Crippen LogP contribution in [0.15, 0.2) is 17.2 Å². The molecule has 1 aliphatic rings. The van der Waals surface area contributed by atoms with Crippen molar-refractivity contribution < 1.29 is 4.79 Å². The van der Waals surface area contributed by atoms with E-state index >= 15 is 0 Å². The Hall–Kier alpha value is -1.91. The number of amides is 1. The molecule has 0 radical (unpaired) electrons. The van der Waals surface area contributed by atoms with Crippen molar-refractivity contribution in [2.45, 2.75) is 27.2 Å². The van der Waals surface area contributed by atoms with Crippen molar-refractivity contribution >= 4 is 17.3 Å². The molecule has 0 saturated carbocycles. The lowest BCUT2D eigenvalue weighted by molar-refractivity contribution is -0.131. The first-order valence-corrected chi connectivity index (χ1v) is 7.08. The van der Waals surface area contributed by atoms with E-state index in [-0.39, 0.29) is 5.91 Å². The number of rotatable bonds is 3. The van der Waals surface area contributed by atoms with Crippen molar-refractivity contribution in [3.05, 3.63) is 23.3 Å². The summed E-state index contributed by atoms with van der Waals surface area (Å²) in [6.45, 7) is 9.24. The van der Waals surface area contributed by atoms with Gasteiger partial charge in [-0.2, -0.15) is 5.11 Å². The van der Waals surface area contributed by atoms with Gasteiger partial charge in [0.05, 0.1) is 5.69 Å². The molecule has 5 heteroatoms. The van der Waals surface area contributed by atoms with Crippen LogP contribution >= 0.6 is 0 Å². The molecule has 0 atom stereocenters. The number of benzene rings is 1. The molecule has 1 amide bonds. The molecule has 0 unspecified atom stereocenters. The first-order chi connectivity index (χ1) is 9.56. The van der Waals surface area contributed by atoms with Crippen molar-refractivity contribution in [1.82, 2.24) is 4.90 Å². The lowest BCUT2D eigenvalue weighted by Gasteiger charge is -2.37. The number of nitrogens with zero attached hydrogens (tertiary/aromatic N) is 3. The van der Waals surface area contributed by atoms with Crippen LogP contribution in [-0.4, -0.2) is 37.0 Å². The number of carbonyl (C=O) groups excluding carboxylic acids is 1. The van der Waals surface area contributed by atoms with E-state index in [0.29, 0.717) is 6.42 Å². The van der Waals surface area contributed by atoms with E-state index in [4.69, 9.17) is 5.53 Å². The maximum atomic E-state index is 11.7. The van der Waals surface area contributed by atoms with E-state index in [9.17, 15) is 4.79 Å². The minimum absolute atomic E-state index is 0.237. The third-order valence-corrected chi connectivity index (χ3v) is 3.91. The first-order valence-electron chi connectivity index (χ1n) is 7.08. The van der Waals surface area contributed by atoms with Crippen LogP contribution in [0.2, 0.25) is 0 Å². The molecule has 1 aromatic rings. The highest BCUT2D eigenvalue weighted by molar-refractivity contribution is 5.76. The average molecular weight is 274 g/mol. The topological polar surface area (TPSA) is 59.8 Å². The van der Waals surface area contributed by atoms with Gasteiger partial charge in [0.15, 0.2) is 0 Å². The fourth-order valence-corrected chi connectivity index (χ4v) is 2.67. The molecular formula is C15H22N4O. The average Bonchev–Trinajstić information content (AvgIpc) is 2.48. The summed E-state index contributed by atoms with van der Waals surface area (Å²) in [5.41, 5.74) is 11.2. The van der Waals surface area contributed by atoms with Gasteiger partial charge in [0.1, 0.15) is 0 Å². The molecule has 1 N–H and O–H groups in total. The van der Waals surface area contributed by atoms with Crippen LogP contribution in [0.25, 0.3) is 0 Å². The fraction of sp³-hybridized carbons (Fsp3) is 0.533. The molecular weight excluding hydrogens is 252 g/mol. The molecule has 1 aromatic carbocycles. The fourth-order valence-electron chi connectivity index (χ4n) is 2.67. The van der Waals surface area contributed by atoms with Crippen molar-refractivity contribution in [1.29, 1.82) is 5.53 Å². The van der Waals surface area contributed by atoms with Crippen LogP contribution < -0.4 is 4.90 Å². The molecule has 0 aromatic heterocycles. The zero-order chi connectivity index (χ0) is 14.7. The van der Waals surface area contributed by atoms with Crippen molar-refractivity contribution in [3.8, 4) is 0 Å². The van der Waals surface area contributed by atoms with Crippen LogP contribution in [0.1, 0.15) is 24.5 Å². The highest BCUT2D eigenvalue weighted by Gasteiger charge is 2.21. The highest BCUT2D eigenvalue weighted by atomic mass is 16.2. The van der Waals surface area contributed by atoms with E-state index in [1.807, 2.05) is 31.7 Å². The third-order valence-electron chi connectivity index (χ3n) is 3.91. The molecule has 0 spiro atoms. The number of hydrogen-bond donors (Lipinski definition) is 1. The standard InChI is InChI=1S/C15H22N4O/c1-4-15(20)19-7-5-18(6-8-19)14-10-11(2)13(17-16)9-12(14)3/h9-10,16H,4-8H2,1-3H3. The maximum Gasteiger partial charge on any atom is 0.222 e. The van der Waals surface area contributed by atoms with Gasteiger partial charge in [-0.15, -0.1) is 0 Å². The summed E-state index contributed by atoms with van der Waals surface area (Å²) in [4.78, 5) is 15.9. The molecule has 20 heavy (non-hydrogen) atoms. The van der Waals surface area contributed by atoms with Gasteiger partial charge in [0.25, 0.3) is 0 Å². The van der Waals surface area contributed by atoms with Gasteiger partial charge in [-0.1, -0.05) is 6.92 Å². The van der Waals surface area contributed by atoms with Crippen molar-refractivity contribution in [2.75, 3.05) is 31.1 Å². The second-order valence-electron chi connectivity index (χ2n) is 5.26. The molecule has 1 saturated heterocycles. The second kappa shape index (κ2) is 6.03. The minimum atomic E-state index is 0.237. The lowest BCUT2D eigenvalue weighted by atomic mass is 10.1. The van der Waals surface area contributed by atoms with Gasteiger partial charge in [0.2, 0.25) is 5.91 Å². The molecule has 1 aliphatic heterocycles. The predicted molar refractivity (Wildman–Crippen MR) is 79.8 cm³/mol. The van der Waals surface area contributed by atoms with E-state index in [2.05, 4.69) is 16.1 Å². The minimum Gasteiger partial charge on any atom is -0.368 e. The highest BCUT2D eigenvalue weighted by Crippen LogP contribution is 2.29. The Morgan fingerprint density at radius 2 is 1.85 bits per heavy atom. The van der Waals surface area contributed by atoms with Crippen molar-refractivity contribution in [2.24, 2.45) is 5.11 Å². The molecule has 1 fully saturated rings. The van der Waals surface area contributed by atoms with Gasteiger partial charge < -0.3 is 9.80 Å². The summed E-state index contributed by atoms with van der Waals surface area (Å²) in [5, 5.41) is 3.54. The molecule has 5 nitrogen and oxygen atoms in total. The Labute approximate surface area is 120 Å². The third kappa shape index (κ3) is 2.81. The van der Waals surface area contributed by atoms with Gasteiger partial charge in [-0.25, -0.2) is 5.53 Å². The van der Waals surface area contributed by atoms with E-state index in [1.165, 1.54) is 5.69 Å². The van der Waals surface area contributed by atoms with Crippen LogP contribution in [0.4, 0.5) is 11.4 Å². The van der Waals surface area contributed by atoms with Crippen LogP contribution in [0.3, 0.4) is 0 Å². The zero-order valence-electron chi connectivity index (χ0n) is 12.4. The number of anilines is 1. The van der Waals surface area contributed by atoms with Crippen LogP contribution in [0, 0.1) is 19.4 Å². The molecule has 2 rings (SSSR count). The Bertz CT molecular complexity index is 519. The number of hydrogen-bond acceptors (Lipinski definition) is 4. The Morgan fingerprint density at radius 1 is 1.20 bits per heavy atom. The molecule has 108 valence electrons. The normalized spacial score (nSPS) is 15.3. The van der Waals surface area contributed by atoms with Gasteiger partial charge in [-0.05, 0) is 37.1 Å². The predicted octanol–water partition coefficient (Wildman–Crippen LogP) is 3.02. The Morgan fingerprint density at radius 3 is 2.40 bits per heavy atom. The first kappa shape index (κ1) is 14.5. The van der Waals surface area contributed by atoms with Crippen LogP contribution in [0.5, 0.6) is 0 Å². The largest absolute Gasteiger partial charge is 0.368 e. The number of piperazine rings is 1. The summed E-state index contributed by atoms with van der Waals surface area (Å²) in [6, 6.07) is 4.06. The van der Waals surface area contributed by atoms with Gasteiger partial charge in [0, 0.05) is 38.3 Å². The lowest BCUT2D eigenvalue weighted by Crippen LogP contribution is -2.48. The summed E-state index contributed by atoms with van der Waals surface area (Å²) < 4.78 is 0. The number of nitrogens with one attached hydrogen (secondary N) is 1. The summed E-state index contributed by atoms with van der Waals surface area (Å²) >= 11 is 0. The van der Waals surface area contributed by atoms with E-state index in [0.717, 1.165) is 43.0 Å². The van der Waals surface area contributed by atoms with Gasteiger partial charge in [-0.3, -0.25) is 4.79 Å². The quantitative estimate of drug-likeness (QED) is 0.861.